The minimum Gasteiger partial charge on any atom is -0.489 e. The molecule has 0 spiro atoms. The highest BCUT2D eigenvalue weighted by molar-refractivity contribution is 6.40. The molecule has 0 aliphatic heterocycles. The van der Waals surface area contributed by atoms with E-state index in [-0.39, 0.29) is 0 Å². The van der Waals surface area contributed by atoms with E-state index in [2.05, 4.69) is 36.4 Å². The first-order valence-electron chi connectivity index (χ1n) is 13.3. The largest absolute Gasteiger partial charge is 0.864 e. The molecule has 40 heavy (non-hydrogen) atoms. The molecular formula is C36H27BO3. The zero-order valence-electron chi connectivity index (χ0n) is 21.9. The van der Waals surface area contributed by atoms with Gasteiger partial charge in [0.2, 0.25) is 0 Å². The molecule has 0 bridgehead atoms. The molecule has 0 amide bonds. The predicted octanol–water partition coefficient (Wildman–Crippen LogP) is 9.21. The topological polar surface area (TPSA) is 27.7 Å². The Morgan fingerprint density at radius 3 is 0.825 bits per heavy atom. The number of rotatable bonds is 9. The molecule has 6 aromatic rings. The van der Waals surface area contributed by atoms with Crippen LogP contribution in [0, 0.1) is 0 Å². The molecule has 0 saturated carbocycles. The molecule has 4 heteroatoms. The number of hydrogen-bond donors (Lipinski definition) is 0. The first-order chi connectivity index (χ1) is 19.8. The minimum absolute atomic E-state index is 0.660. The summed E-state index contributed by atoms with van der Waals surface area (Å²) < 4.78 is 19.6. The lowest BCUT2D eigenvalue weighted by molar-refractivity contribution is 0.309. The van der Waals surface area contributed by atoms with Crippen LogP contribution in [0.1, 0.15) is 0 Å². The van der Waals surface area contributed by atoms with Gasteiger partial charge >= 0.3 is 7.32 Å². The van der Waals surface area contributed by atoms with Gasteiger partial charge in [0.1, 0.15) is 17.2 Å². The first kappa shape index (κ1) is 25.1. The second kappa shape index (κ2) is 12.1. The maximum atomic E-state index is 6.55. The Kier molecular flexibility index (Phi) is 7.59. The third-order valence-corrected chi connectivity index (χ3v) is 6.59. The fourth-order valence-electron chi connectivity index (χ4n) is 4.66. The highest BCUT2D eigenvalue weighted by Gasteiger charge is 2.33. The van der Waals surface area contributed by atoms with Crippen molar-refractivity contribution in [1.82, 2.24) is 0 Å². The molecule has 0 fully saturated rings. The Balaban J connectivity index is 1.40. The molecule has 0 heterocycles. The Bertz CT molecular complexity index is 1470. The van der Waals surface area contributed by atoms with Crippen molar-refractivity contribution >= 4 is 7.32 Å². The smallest absolute Gasteiger partial charge is 0.489 e. The quantitative estimate of drug-likeness (QED) is 0.179. The van der Waals surface area contributed by atoms with Gasteiger partial charge in [0.15, 0.2) is 0 Å². The monoisotopic (exact) mass is 518 g/mol. The molecule has 6 rings (SSSR count). The van der Waals surface area contributed by atoms with Crippen molar-refractivity contribution < 1.29 is 14.0 Å². The van der Waals surface area contributed by atoms with Crippen molar-refractivity contribution in [3.63, 3.8) is 0 Å². The van der Waals surface area contributed by atoms with Gasteiger partial charge < -0.3 is 14.0 Å². The van der Waals surface area contributed by atoms with E-state index < -0.39 is 7.32 Å². The summed E-state index contributed by atoms with van der Waals surface area (Å²) in [5.41, 5.74) is 6.00. The van der Waals surface area contributed by atoms with Crippen molar-refractivity contribution in [2.75, 3.05) is 0 Å². The van der Waals surface area contributed by atoms with E-state index in [1.165, 1.54) is 0 Å². The normalized spacial score (nSPS) is 10.5. The van der Waals surface area contributed by atoms with Gasteiger partial charge in [-0.25, -0.2) is 0 Å². The van der Waals surface area contributed by atoms with Crippen LogP contribution in [0.4, 0.5) is 0 Å². The minimum atomic E-state index is -1.07. The van der Waals surface area contributed by atoms with E-state index in [1.54, 1.807) is 0 Å². The summed E-state index contributed by atoms with van der Waals surface area (Å²) >= 11 is 0. The summed E-state index contributed by atoms with van der Waals surface area (Å²) in [6.45, 7) is 0. The Hall–Kier alpha value is -5.22. The molecule has 0 saturated heterocycles. The molecule has 192 valence electrons. The van der Waals surface area contributed by atoms with Gasteiger partial charge in [0.25, 0.3) is 0 Å². The lowest BCUT2D eigenvalue weighted by Gasteiger charge is -2.21. The average Bonchev–Trinajstić information content (AvgIpc) is 3.03. The predicted molar refractivity (Wildman–Crippen MR) is 163 cm³/mol. The zero-order valence-corrected chi connectivity index (χ0v) is 21.9. The van der Waals surface area contributed by atoms with Gasteiger partial charge in [-0.1, -0.05) is 146 Å². The number of para-hydroxylation sites is 3. The van der Waals surface area contributed by atoms with Crippen LogP contribution < -0.4 is 14.0 Å². The van der Waals surface area contributed by atoms with Gasteiger partial charge in [0.05, 0.1) is 0 Å². The van der Waals surface area contributed by atoms with E-state index in [9.17, 15) is 0 Å². The molecule has 0 aromatic heterocycles. The summed E-state index contributed by atoms with van der Waals surface area (Å²) in [4.78, 5) is 0. The summed E-state index contributed by atoms with van der Waals surface area (Å²) in [5.74, 6) is 1.98. The average molecular weight is 518 g/mol. The molecule has 0 unspecified atom stereocenters. The molecule has 3 nitrogen and oxygen atoms in total. The summed E-state index contributed by atoms with van der Waals surface area (Å²) in [6.07, 6.45) is 0. The van der Waals surface area contributed by atoms with Crippen LogP contribution in [0.15, 0.2) is 164 Å². The molecular weight excluding hydrogens is 491 g/mol. The van der Waals surface area contributed by atoms with E-state index in [1.807, 2.05) is 127 Å². The maximum absolute atomic E-state index is 6.55. The third kappa shape index (κ3) is 5.77. The second-order valence-corrected chi connectivity index (χ2v) is 9.23. The molecule has 0 aliphatic rings. The van der Waals surface area contributed by atoms with Crippen molar-refractivity contribution in [3.8, 4) is 50.6 Å². The van der Waals surface area contributed by atoms with Gasteiger partial charge in [0, 0.05) is 16.7 Å². The number of benzene rings is 6. The van der Waals surface area contributed by atoms with Crippen molar-refractivity contribution in [2.45, 2.75) is 0 Å². The zero-order chi connectivity index (χ0) is 27.0. The van der Waals surface area contributed by atoms with E-state index in [0.29, 0.717) is 17.2 Å². The Morgan fingerprint density at radius 1 is 0.275 bits per heavy atom. The molecule has 0 atom stereocenters. The van der Waals surface area contributed by atoms with Crippen LogP contribution in [0.3, 0.4) is 0 Å². The Morgan fingerprint density at radius 2 is 0.525 bits per heavy atom. The van der Waals surface area contributed by atoms with Gasteiger partial charge in [-0.05, 0) is 34.9 Å². The fourth-order valence-corrected chi connectivity index (χ4v) is 4.66. The highest BCUT2D eigenvalue weighted by Crippen LogP contribution is 2.35. The first-order valence-corrected chi connectivity index (χ1v) is 13.3. The standard InChI is InChI=1S/C36H27BO3/c1-4-16-28(17-5-1)31-22-10-13-25-34(31)38-37(39-35-26-14-11-23-32(35)29-18-6-2-7-19-29)40-36-27-15-12-24-33(36)30-20-8-3-9-21-30/h1-27H. The molecule has 0 N–H and O–H groups in total. The SMILES string of the molecule is c1ccc(-c2ccccc2OB(Oc2ccccc2-c2ccccc2)Oc2ccccc2-c2ccccc2)cc1. The van der Waals surface area contributed by atoms with Crippen molar-refractivity contribution in [3.05, 3.63) is 164 Å². The summed E-state index contributed by atoms with van der Waals surface area (Å²) in [5, 5.41) is 0. The number of hydrogen-bond acceptors (Lipinski definition) is 3. The van der Waals surface area contributed by atoms with Crippen LogP contribution >= 0.6 is 0 Å². The van der Waals surface area contributed by atoms with Crippen LogP contribution in [-0.4, -0.2) is 7.32 Å². The van der Waals surface area contributed by atoms with Crippen LogP contribution in [0.25, 0.3) is 33.4 Å². The van der Waals surface area contributed by atoms with Gasteiger partial charge in [-0.15, -0.1) is 0 Å². The van der Waals surface area contributed by atoms with Crippen molar-refractivity contribution in [1.29, 1.82) is 0 Å². The van der Waals surface area contributed by atoms with Gasteiger partial charge in [-0.2, -0.15) is 0 Å². The van der Waals surface area contributed by atoms with E-state index in [4.69, 9.17) is 14.0 Å². The van der Waals surface area contributed by atoms with Crippen molar-refractivity contribution in [2.24, 2.45) is 0 Å². The molecule has 6 aromatic carbocycles. The lowest BCUT2D eigenvalue weighted by atomic mass is 10.0. The van der Waals surface area contributed by atoms with E-state index in [0.717, 1.165) is 33.4 Å². The molecule has 0 aliphatic carbocycles. The summed E-state index contributed by atoms with van der Waals surface area (Å²) in [6, 6.07) is 54.3. The second-order valence-electron chi connectivity index (χ2n) is 9.23. The third-order valence-electron chi connectivity index (χ3n) is 6.59. The van der Waals surface area contributed by atoms with Crippen LogP contribution in [0.2, 0.25) is 0 Å². The summed E-state index contributed by atoms with van der Waals surface area (Å²) in [7, 11) is -1.07. The van der Waals surface area contributed by atoms with E-state index >= 15 is 0 Å². The maximum Gasteiger partial charge on any atom is 0.864 e. The fraction of sp³-hybridized carbons (Fsp3) is 0. The highest BCUT2D eigenvalue weighted by atomic mass is 16.7. The molecule has 0 radical (unpaired) electrons. The Labute approximate surface area is 235 Å². The lowest BCUT2D eigenvalue weighted by Crippen LogP contribution is -2.37. The van der Waals surface area contributed by atoms with Crippen LogP contribution in [-0.2, 0) is 0 Å². The van der Waals surface area contributed by atoms with Gasteiger partial charge in [-0.3, -0.25) is 0 Å². The van der Waals surface area contributed by atoms with Crippen LogP contribution in [0.5, 0.6) is 17.2 Å².